The molecule has 4 heterocycles. The van der Waals surface area contributed by atoms with Crippen LogP contribution in [0.1, 0.15) is 17.0 Å². The SMILES string of the molecule is C1=C2c3ccccc3-c3cccc4ccc5c(c34)C2C2C(=C1)B1c3c(cc(N(c4ccccc4)c4ccccc4)cc3-n3c4ccc6ccccc6c4c4c6ccccc6cc1c43)N52. The minimum absolute atomic E-state index is 0.0497. The second kappa shape index (κ2) is 11.9. The Labute approximate surface area is 370 Å². The molecule has 0 spiro atoms. The van der Waals surface area contributed by atoms with E-state index in [0.717, 1.165) is 17.1 Å². The lowest BCUT2D eigenvalue weighted by molar-refractivity contribution is 0.743. The highest BCUT2D eigenvalue weighted by molar-refractivity contribution is 6.95. The second-order valence-electron chi connectivity index (χ2n) is 18.3. The van der Waals surface area contributed by atoms with E-state index >= 15 is 0 Å². The summed E-state index contributed by atoms with van der Waals surface area (Å²) in [6.07, 6.45) is 5.05. The number of hydrogen-bond donors (Lipinski definition) is 0. The Morgan fingerprint density at radius 3 is 1.92 bits per heavy atom. The summed E-state index contributed by atoms with van der Waals surface area (Å²) < 4.78 is 2.66. The van der Waals surface area contributed by atoms with Crippen LogP contribution in [0.15, 0.2) is 212 Å². The molecule has 11 aromatic rings. The molecule has 16 rings (SSSR count). The van der Waals surface area contributed by atoms with E-state index in [1.54, 1.807) is 0 Å². The topological polar surface area (TPSA) is 11.4 Å². The zero-order valence-electron chi connectivity index (χ0n) is 34.7. The van der Waals surface area contributed by atoms with Crippen LogP contribution in [0.4, 0.5) is 28.4 Å². The number of allylic oxidation sites excluding steroid dienone is 2. The molecule has 0 fully saturated rings. The van der Waals surface area contributed by atoms with Gasteiger partial charge in [0, 0.05) is 45.1 Å². The van der Waals surface area contributed by atoms with E-state index in [9.17, 15) is 0 Å². The molecule has 2 atom stereocenters. The zero-order chi connectivity index (χ0) is 41.4. The lowest BCUT2D eigenvalue weighted by atomic mass is 9.31. The maximum Gasteiger partial charge on any atom is 0.247 e. The normalized spacial score (nSPS) is 16.9. The van der Waals surface area contributed by atoms with Crippen LogP contribution in [0.2, 0.25) is 0 Å². The molecule has 5 aliphatic rings. The molecule has 64 heavy (non-hydrogen) atoms. The molecule has 0 amide bonds. The fourth-order valence-corrected chi connectivity index (χ4v) is 13.1. The van der Waals surface area contributed by atoms with E-state index in [-0.39, 0.29) is 18.7 Å². The van der Waals surface area contributed by atoms with Gasteiger partial charge in [0.25, 0.3) is 0 Å². The summed E-state index contributed by atoms with van der Waals surface area (Å²) in [4.78, 5) is 5.24. The summed E-state index contributed by atoms with van der Waals surface area (Å²) in [5.41, 5.74) is 21.0. The van der Waals surface area contributed by atoms with Gasteiger partial charge in [-0.1, -0.05) is 163 Å². The first-order valence-corrected chi connectivity index (χ1v) is 22.6. The van der Waals surface area contributed by atoms with Gasteiger partial charge in [-0.25, -0.2) is 0 Å². The van der Waals surface area contributed by atoms with E-state index in [2.05, 4.69) is 221 Å². The summed E-state index contributed by atoms with van der Waals surface area (Å²) in [7, 11) is 0. The average molecular weight is 810 g/mol. The molecule has 10 aromatic carbocycles. The monoisotopic (exact) mass is 809 g/mol. The number of aromatic nitrogens is 1. The van der Waals surface area contributed by atoms with Crippen molar-refractivity contribution in [3.8, 4) is 16.8 Å². The third-order valence-electron chi connectivity index (χ3n) is 15.4. The quantitative estimate of drug-likeness (QED) is 0.165. The number of nitrogens with zero attached hydrogens (tertiary/aromatic N) is 3. The second-order valence-corrected chi connectivity index (χ2v) is 18.3. The maximum atomic E-state index is 2.78. The molecule has 294 valence electrons. The first kappa shape index (κ1) is 33.5. The number of para-hydroxylation sites is 2. The number of anilines is 5. The van der Waals surface area contributed by atoms with Crippen molar-refractivity contribution in [2.24, 2.45) is 0 Å². The molecule has 0 bridgehead atoms. The fraction of sp³-hybridized carbons (Fsp3) is 0.0333. The van der Waals surface area contributed by atoms with Crippen molar-refractivity contribution in [2.45, 2.75) is 12.0 Å². The van der Waals surface area contributed by atoms with Gasteiger partial charge in [-0.05, 0) is 120 Å². The van der Waals surface area contributed by atoms with Crippen LogP contribution in [-0.4, -0.2) is 17.3 Å². The van der Waals surface area contributed by atoms with Gasteiger partial charge < -0.3 is 14.4 Å². The molecule has 2 unspecified atom stereocenters. The van der Waals surface area contributed by atoms with Gasteiger partial charge in [0.1, 0.15) is 0 Å². The van der Waals surface area contributed by atoms with Gasteiger partial charge in [0.2, 0.25) is 6.71 Å². The lowest BCUT2D eigenvalue weighted by Crippen LogP contribution is -2.60. The zero-order valence-corrected chi connectivity index (χ0v) is 34.7. The fourth-order valence-electron chi connectivity index (χ4n) is 13.1. The van der Waals surface area contributed by atoms with Crippen LogP contribution in [-0.2, 0) is 0 Å². The van der Waals surface area contributed by atoms with Crippen molar-refractivity contribution < 1.29 is 0 Å². The molecule has 3 aliphatic heterocycles. The van der Waals surface area contributed by atoms with E-state index < -0.39 is 0 Å². The van der Waals surface area contributed by atoms with Gasteiger partial charge in [-0.15, -0.1) is 0 Å². The molecular weight excluding hydrogens is 773 g/mol. The smallest absolute Gasteiger partial charge is 0.247 e. The minimum Gasteiger partial charge on any atom is -0.334 e. The lowest BCUT2D eigenvalue weighted by Gasteiger charge is -2.46. The van der Waals surface area contributed by atoms with Crippen LogP contribution in [0.5, 0.6) is 0 Å². The van der Waals surface area contributed by atoms with Crippen LogP contribution in [0, 0.1) is 0 Å². The number of fused-ring (bicyclic) bond motifs is 15. The largest absolute Gasteiger partial charge is 0.334 e. The maximum absolute atomic E-state index is 2.78. The molecule has 1 aromatic heterocycles. The summed E-state index contributed by atoms with van der Waals surface area (Å²) in [6, 6.07) is 73.3. The van der Waals surface area contributed by atoms with Gasteiger partial charge in [0.15, 0.2) is 0 Å². The summed E-state index contributed by atoms with van der Waals surface area (Å²) >= 11 is 0. The number of rotatable bonds is 3. The van der Waals surface area contributed by atoms with Gasteiger partial charge in [-0.2, -0.15) is 0 Å². The van der Waals surface area contributed by atoms with Crippen LogP contribution in [0.25, 0.3) is 76.5 Å². The average Bonchev–Trinajstić information content (AvgIpc) is 3.86. The van der Waals surface area contributed by atoms with Crippen LogP contribution < -0.4 is 20.7 Å². The van der Waals surface area contributed by atoms with Gasteiger partial charge in [-0.3, -0.25) is 0 Å². The summed E-state index contributed by atoms with van der Waals surface area (Å²) in [5, 5.41) is 10.6. The Morgan fingerprint density at radius 1 is 0.453 bits per heavy atom. The Bertz CT molecular complexity index is 3950. The highest BCUT2D eigenvalue weighted by atomic mass is 15.2. The Balaban J connectivity index is 1.11. The summed E-state index contributed by atoms with van der Waals surface area (Å²) in [5.74, 6) is 0.163. The van der Waals surface area contributed by atoms with Crippen molar-refractivity contribution in [1.29, 1.82) is 0 Å². The van der Waals surface area contributed by atoms with E-state index in [1.165, 1.54) is 115 Å². The molecule has 0 saturated heterocycles. The summed E-state index contributed by atoms with van der Waals surface area (Å²) in [6.45, 7) is 0.0497. The number of benzene rings is 10. The number of hydrogen-bond acceptors (Lipinski definition) is 2. The first-order chi connectivity index (χ1) is 31.8. The first-order valence-electron chi connectivity index (χ1n) is 22.6. The molecule has 0 N–H and O–H groups in total. The highest BCUT2D eigenvalue weighted by Crippen LogP contribution is 2.62. The van der Waals surface area contributed by atoms with Crippen LogP contribution in [0.3, 0.4) is 0 Å². The van der Waals surface area contributed by atoms with Gasteiger partial charge >= 0.3 is 0 Å². The Hall–Kier alpha value is -8.08. The third-order valence-corrected chi connectivity index (χ3v) is 15.4. The molecule has 3 nitrogen and oxygen atoms in total. The van der Waals surface area contributed by atoms with Crippen molar-refractivity contribution in [2.75, 3.05) is 9.80 Å². The molecule has 0 saturated carbocycles. The van der Waals surface area contributed by atoms with E-state index in [1.807, 2.05) is 0 Å². The van der Waals surface area contributed by atoms with Crippen molar-refractivity contribution in [1.82, 2.24) is 4.57 Å². The van der Waals surface area contributed by atoms with Crippen molar-refractivity contribution in [3.05, 3.63) is 223 Å². The van der Waals surface area contributed by atoms with E-state index in [4.69, 9.17) is 0 Å². The van der Waals surface area contributed by atoms with E-state index in [0.29, 0.717) is 0 Å². The van der Waals surface area contributed by atoms with Crippen molar-refractivity contribution in [3.63, 3.8) is 0 Å². The molecule has 2 aliphatic carbocycles. The standard InChI is InChI=1S/C60H36BN3/c1-3-17-38(18-4-1)62(39-19-5-2-6-20-39)40-33-51-58-52(34-40)64-50-31-27-36-16-13-25-45-43-23-11-12-24-44(43)46-28-29-47(59(64)56(46)57(50)53(36)45)61(58)48-32-37-15-8-10-22-42(37)55-54-41-21-9-7-14-35(41)26-30-49(54)63(51)60(48)55/h1-34,56,59H. The molecular formula is C60H36BN3. The van der Waals surface area contributed by atoms with Crippen LogP contribution >= 0.6 is 0 Å². The Morgan fingerprint density at radius 2 is 1.11 bits per heavy atom. The predicted octanol–water partition coefficient (Wildman–Crippen LogP) is 13.8. The minimum atomic E-state index is 0.0497. The molecule has 4 heteroatoms. The predicted molar refractivity (Wildman–Crippen MR) is 270 cm³/mol. The highest BCUT2D eigenvalue weighted by Gasteiger charge is 2.55. The molecule has 0 radical (unpaired) electrons. The Kier molecular flexibility index (Phi) is 6.23. The van der Waals surface area contributed by atoms with Crippen molar-refractivity contribution >= 4 is 106 Å². The van der Waals surface area contributed by atoms with Gasteiger partial charge in [0.05, 0.1) is 22.8 Å². The third kappa shape index (κ3) is 4.02.